The number of nitrogens with zero attached hydrogens (tertiary/aromatic N) is 1. The maximum absolute atomic E-state index is 13.5. The van der Waals surface area contributed by atoms with Crippen LogP contribution in [0.15, 0.2) is 65.1 Å². The highest BCUT2D eigenvalue weighted by Gasteiger charge is 2.35. The summed E-state index contributed by atoms with van der Waals surface area (Å²) in [6.45, 7) is 2.99. The Morgan fingerprint density at radius 3 is 2.26 bits per heavy atom. The molecule has 1 aliphatic heterocycles. The number of hydrogen-bond donors (Lipinski definition) is 2. The lowest BCUT2D eigenvalue weighted by atomic mass is 9.91. The van der Waals surface area contributed by atoms with Crippen LogP contribution in [-0.4, -0.2) is 35.1 Å². The molecule has 174 valence electrons. The summed E-state index contributed by atoms with van der Waals surface area (Å²) in [6, 6.07) is 17.7. The van der Waals surface area contributed by atoms with Crippen LogP contribution in [0.5, 0.6) is 11.5 Å². The number of rotatable bonds is 3. The molecule has 34 heavy (non-hydrogen) atoms. The van der Waals surface area contributed by atoms with E-state index in [1.54, 1.807) is 48.5 Å². The van der Waals surface area contributed by atoms with E-state index in [0.29, 0.717) is 32.4 Å². The molecule has 0 aromatic heterocycles. The summed E-state index contributed by atoms with van der Waals surface area (Å²) in [5.41, 5.74) is 3.52. The van der Waals surface area contributed by atoms with Crippen molar-refractivity contribution in [1.82, 2.24) is 0 Å². The largest absolute Gasteiger partial charge is 0.503 e. The molecule has 8 heteroatoms. The number of aryl methyl sites for hydroxylation is 1. The summed E-state index contributed by atoms with van der Waals surface area (Å²) in [7, 11) is 1.46. The molecule has 0 spiro atoms. The number of benzene rings is 3. The van der Waals surface area contributed by atoms with Gasteiger partial charge in [0.05, 0.1) is 17.3 Å². The van der Waals surface area contributed by atoms with E-state index >= 15 is 0 Å². The van der Waals surface area contributed by atoms with E-state index in [9.17, 15) is 14.7 Å². The van der Waals surface area contributed by atoms with Gasteiger partial charge in [-0.2, -0.15) is 0 Å². The number of amides is 2. The first-order valence-electron chi connectivity index (χ1n) is 10.2. The summed E-state index contributed by atoms with van der Waals surface area (Å²) < 4.78 is 5.66. The Morgan fingerprint density at radius 1 is 1.00 bits per heavy atom. The van der Waals surface area contributed by atoms with Crippen molar-refractivity contribution in [2.75, 3.05) is 12.0 Å². The van der Waals surface area contributed by atoms with Gasteiger partial charge in [-0.15, -0.1) is 0 Å². The van der Waals surface area contributed by atoms with Crippen LogP contribution in [0.3, 0.4) is 0 Å². The fraction of sp³-hybridized carbons (Fsp3) is 0.115. The van der Waals surface area contributed by atoms with Crippen LogP contribution >= 0.6 is 15.9 Å². The molecule has 3 aromatic rings. The first kappa shape index (κ1) is 24.7. The predicted molar refractivity (Wildman–Crippen MR) is 133 cm³/mol. The number of phenolic OH excluding ortho intramolecular Hbond substituents is 1. The monoisotopic (exact) mass is 523 g/mol. The van der Waals surface area contributed by atoms with Crippen LogP contribution < -0.4 is 9.64 Å². The molecule has 1 aliphatic rings. The van der Waals surface area contributed by atoms with Gasteiger partial charge in [0.15, 0.2) is 11.5 Å². The molecule has 3 aromatic carbocycles. The van der Waals surface area contributed by atoms with E-state index in [4.69, 9.17) is 14.6 Å². The zero-order chi connectivity index (χ0) is 25.0. The van der Waals surface area contributed by atoms with Crippen molar-refractivity contribution in [3.05, 3.63) is 87.4 Å². The minimum atomic E-state index is -0.833. The lowest BCUT2D eigenvalue weighted by Gasteiger charge is -2.29. The summed E-state index contributed by atoms with van der Waals surface area (Å²) >= 11 is 3.31. The van der Waals surface area contributed by atoms with Gasteiger partial charge in [0.1, 0.15) is 0 Å². The summed E-state index contributed by atoms with van der Waals surface area (Å²) in [5.74, 6) is -1.35. The quantitative estimate of drug-likeness (QED) is 0.357. The van der Waals surface area contributed by atoms with Crippen LogP contribution in [0, 0.1) is 6.92 Å². The average molecular weight is 524 g/mol. The molecule has 0 fully saturated rings. The number of fused-ring (bicyclic) bond motifs is 1. The lowest BCUT2D eigenvalue weighted by molar-refractivity contribution is -0.134. The Bertz CT molecular complexity index is 1310. The van der Waals surface area contributed by atoms with Gasteiger partial charge in [-0.05, 0) is 76.0 Å². The van der Waals surface area contributed by atoms with Crippen molar-refractivity contribution < 1.29 is 29.3 Å². The minimum absolute atomic E-state index is 0.0217. The SMILES string of the molecule is CC(=O)O.COc1cc(/C=C2/C(=O)N(c3cccc(C)c3)C(=O)c3ccccc32)cc(Br)c1O. The maximum atomic E-state index is 13.5. The number of ether oxygens (including phenoxy) is 1. The maximum Gasteiger partial charge on any atom is 0.300 e. The Kier molecular flexibility index (Phi) is 7.53. The summed E-state index contributed by atoms with van der Waals surface area (Å²) in [6.07, 6.45) is 1.70. The number of aliphatic carboxylic acids is 1. The Morgan fingerprint density at radius 2 is 1.65 bits per heavy atom. The third kappa shape index (κ3) is 5.18. The van der Waals surface area contributed by atoms with Crippen molar-refractivity contribution in [2.24, 2.45) is 0 Å². The first-order chi connectivity index (χ1) is 16.1. The third-order valence-corrected chi connectivity index (χ3v) is 5.53. The number of methoxy groups -OCH3 is 1. The number of anilines is 1. The number of carboxylic acids is 1. The molecule has 0 saturated heterocycles. The highest BCUT2D eigenvalue weighted by Crippen LogP contribution is 2.38. The molecule has 0 unspecified atom stereocenters. The zero-order valence-corrected chi connectivity index (χ0v) is 20.3. The van der Waals surface area contributed by atoms with E-state index in [2.05, 4.69) is 15.9 Å². The molecule has 0 radical (unpaired) electrons. The fourth-order valence-electron chi connectivity index (χ4n) is 3.49. The smallest absolute Gasteiger partial charge is 0.300 e. The van der Waals surface area contributed by atoms with Gasteiger partial charge >= 0.3 is 0 Å². The molecular formula is C26H22BrNO6. The second kappa shape index (κ2) is 10.4. The minimum Gasteiger partial charge on any atom is -0.503 e. The zero-order valence-electron chi connectivity index (χ0n) is 18.7. The number of imide groups is 1. The second-order valence-electron chi connectivity index (χ2n) is 7.46. The van der Waals surface area contributed by atoms with Gasteiger partial charge in [-0.3, -0.25) is 14.4 Å². The molecule has 0 atom stereocenters. The van der Waals surface area contributed by atoms with Crippen molar-refractivity contribution in [3.63, 3.8) is 0 Å². The van der Waals surface area contributed by atoms with Crippen molar-refractivity contribution in [3.8, 4) is 11.5 Å². The molecule has 0 aliphatic carbocycles. The van der Waals surface area contributed by atoms with Crippen LogP contribution in [0.2, 0.25) is 0 Å². The lowest BCUT2D eigenvalue weighted by Crippen LogP contribution is -2.41. The fourth-order valence-corrected chi connectivity index (χ4v) is 3.95. The van der Waals surface area contributed by atoms with Gasteiger partial charge in [-0.25, -0.2) is 4.90 Å². The number of phenols is 1. The van der Waals surface area contributed by atoms with Crippen LogP contribution in [0.4, 0.5) is 5.69 Å². The molecule has 2 amide bonds. The average Bonchev–Trinajstić information content (AvgIpc) is 2.78. The summed E-state index contributed by atoms with van der Waals surface area (Å²) in [4.78, 5) is 36.8. The van der Waals surface area contributed by atoms with Crippen LogP contribution in [-0.2, 0) is 9.59 Å². The van der Waals surface area contributed by atoms with Crippen LogP contribution in [0.1, 0.15) is 34.0 Å². The Labute approximate surface area is 205 Å². The number of halogens is 1. The Balaban J connectivity index is 0.000000751. The predicted octanol–water partition coefficient (Wildman–Crippen LogP) is 5.29. The standard InChI is InChI=1S/C24H18BrNO4.C2H4O2/c1-14-6-5-7-16(10-14)26-23(28)18-9-4-3-8-17(18)19(24(26)29)11-15-12-20(25)22(27)21(13-15)30-2;1-2(3)4/h3-13,27H,1-2H3;1H3,(H,3,4)/b19-11+;. The third-order valence-electron chi connectivity index (χ3n) is 4.93. The molecular weight excluding hydrogens is 502 g/mol. The van der Waals surface area contributed by atoms with E-state index in [-0.39, 0.29) is 17.4 Å². The van der Waals surface area contributed by atoms with E-state index in [0.717, 1.165) is 12.5 Å². The number of carboxylic acid groups (broad SMARTS) is 1. The van der Waals surface area contributed by atoms with E-state index < -0.39 is 11.9 Å². The number of carbonyl (C=O) groups excluding carboxylic acids is 2. The van der Waals surface area contributed by atoms with Crippen molar-refractivity contribution in [2.45, 2.75) is 13.8 Å². The number of carbonyl (C=O) groups is 3. The molecule has 0 saturated carbocycles. The highest BCUT2D eigenvalue weighted by atomic mass is 79.9. The normalized spacial score (nSPS) is 13.8. The van der Waals surface area contributed by atoms with Gasteiger partial charge in [0.25, 0.3) is 17.8 Å². The van der Waals surface area contributed by atoms with Gasteiger partial charge in [-0.1, -0.05) is 30.3 Å². The molecule has 1 heterocycles. The molecule has 0 bridgehead atoms. The first-order valence-corrected chi connectivity index (χ1v) is 11.0. The highest BCUT2D eigenvalue weighted by molar-refractivity contribution is 9.10. The molecule has 7 nitrogen and oxygen atoms in total. The van der Waals surface area contributed by atoms with E-state index in [1.165, 1.54) is 12.0 Å². The van der Waals surface area contributed by atoms with Gasteiger partial charge < -0.3 is 14.9 Å². The number of hydrogen-bond acceptors (Lipinski definition) is 5. The van der Waals surface area contributed by atoms with Gasteiger partial charge in [0.2, 0.25) is 0 Å². The van der Waals surface area contributed by atoms with Crippen LogP contribution in [0.25, 0.3) is 11.6 Å². The Hall–Kier alpha value is -3.91. The van der Waals surface area contributed by atoms with Crippen molar-refractivity contribution >= 4 is 51.1 Å². The topological polar surface area (TPSA) is 104 Å². The van der Waals surface area contributed by atoms with Crippen molar-refractivity contribution in [1.29, 1.82) is 0 Å². The molecule has 2 N–H and O–H groups in total. The van der Waals surface area contributed by atoms with Gasteiger partial charge in [0, 0.05) is 18.1 Å². The molecule has 4 rings (SSSR count). The van der Waals surface area contributed by atoms with E-state index in [1.807, 2.05) is 25.1 Å². The second-order valence-corrected chi connectivity index (χ2v) is 8.32. The summed E-state index contributed by atoms with van der Waals surface area (Å²) in [5, 5.41) is 17.5. The number of aromatic hydroxyl groups is 1.